The molecule has 5 nitrogen and oxygen atoms in total. The van der Waals surface area contributed by atoms with Crippen molar-refractivity contribution in [2.45, 2.75) is 44.2 Å². The van der Waals surface area contributed by atoms with Crippen LogP contribution in [-0.4, -0.2) is 41.4 Å². The van der Waals surface area contributed by atoms with Gasteiger partial charge in [0.25, 0.3) is 0 Å². The summed E-state index contributed by atoms with van der Waals surface area (Å²) in [5.74, 6) is 1.60. The summed E-state index contributed by atoms with van der Waals surface area (Å²) in [6, 6.07) is 16.4. The lowest BCUT2D eigenvalue weighted by atomic mass is 9.70. The minimum atomic E-state index is -0.227. The van der Waals surface area contributed by atoms with Crippen LogP contribution in [-0.2, 0) is 17.6 Å². The minimum absolute atomic E-state index is 0.115. The highest BCUT2D eigenvalue weighted by Gasteiger charge is 2.56. The van der Waals surface area contributed by atoms with Gasteiger partial charge >= 0.3 is 0 Å². The van der Waals surface area contributed by atoms with Crippen LogP contribution < -0.4 is 9.47 Å². The van der Waals surface area contributed by atoms with Crippen molar-refractivity contribution in [2.24, 2.45) is 5.41 Å². The van der Waals surface area contributed by atoms with Gasteiger partial charge in [-0.05, 0) is 48.9 Å². The van der Waals surface area contributed by atoms with Crippen LogP contribution in [0.5, 0.6) is 11.5 Å². The van der Waals surface area contributed by atoms with Gasteiger partial charge in [-0.1, -0.05) is 36.4 Å². The second-order valence-corrected chi connectivity index (χ2v) is 8.30. The smallest absolute Gasteiger partial charge is 0.231 e. The SMILES string of the molecule is O=C(Cc1ccc2c(c1)OCO2)N1[C@H]2CC[C@@H]1[C@@](CO)(Cc1ccccc1)C2. The van der Waals surface area contributed by atoms with Crippen molar-refractivity contribution >= 4 is 5.91 Å². The van der Waals surface area contributed by atoms with Gasteiger partial charge in [0.2, 0.25) is 12.7 Å². The van der Waals surface area contributed by atoms with Gasteiger partial charge in [0.15, 0.2) is 11.5 Å². The van der Waals surface area contributed by atoms with Crippen LogP contribution >= 0.6 is 0 Å². The van der Waals surface area contributed by atoms with E-state index in [1.807, 2.05) is 36.4 Å². The zero-order valence-electron chi connectivity index (χ0n) is 15.8. The number of aliphatic hydroxyl groups excluding tert-OH is 1. The van der Waals surface area contributed by atoms with Crippen molar-refractivity contribution in [3.8, 4) is 11.5 Å². The molecule has 28 heavy (non-hydrogen) atoms. The number of ether oxygens (including phenoxy) is 2. The van der Waals surface area contributed by atoms with Crippen molar-refractivity contribution in [3.63, 3.8) is 0 Å². The van der Waals surface area contributed by atoms with Crippen LogP contribution in [0.15, 0.2) is 48.5 Å². The fraction of sp³-hybridized carbons (Fsp3) is 0.435. The highest BCUT2D eigenvalue weighted by atomic mass is 16.7. The first-order valence-electron chi connectivity index (χ1n) is 10.0. The number of hydrogen-bond acceptors (Lipinski definition) is 4. The van der Waals surface area contributed by atoms with E-state index in [0.717, 1.165) is 37.0 Å². The Morgan fingerprint density at radius 2 is 1.89 bits per heavy atom. The molecule has 2 aromatic rings. The molecule has 2 bridgehead atoms. The molecule has 0 aliphatic carbocycles. The molecule has 146 valence electrons. The van der Waals surface area contributed by atoms with Crippen LogP contribution in [0.2, 0.25) is 0 Å². The van der Waals surface area contributed by atoms with E-state index >= 15 is 0 Å². The molecule has 0 unspecified atom stereocenters. The molecular formula is C23H25NO4. The largest absolute Gasteiger partial charge is 0.454 e. The summed E-state index contributed by atoms with van der Waals surface area (Å²) in [6.07, 6.45) is 4.07. The highest BCUT2D eigenvalue weighted by Crippen LogP contribution is 2.51. The molecule has 2 aromatic carbocycles. The fourth-order valence-corrected chi connectivity index (χ4v) is 5.40. The monoisotopic (exact) mass is 379 g/mol. The molecule has 1 N–H and O–H groups in total. The lowest BCUT2D eigenvalue weighted by Gasteiger charge is -2.36. The Kier molecular flexibility index (Phi) is 4.27. The Bertz CT molecular complexity index is 883. The summed E-state index contributed by atoms with van der Waals surface area (Å²) in [4.78, 5) is 15.3. The molecule has 3 aliphatic heterocycles. The van der Waals surface area contributed by atoms with Crippen molar-refractivity contribution in [2.75, 3.05) is 13.4 Å². The third-order valence-electron chi connectivity index (χ3n) is 6.65. The average molecular weight is 379 g/mol. The van der Waals surface area contributed by atoms with Crippen LogP contribution in [0.1, 0.15) is 30.4 Å². The Morgan fingerprint density at radius 3 is 2.71 bits per heavy atom. The zero-order valence-corrected chi connectivity index (χ0v) is 15.8. The predicted molar refractivity (Wildman–Crippen MR) is 104 cm³/mol. The number of fused-ring (bicyclic) bond motifs is 3. The van der Waals surface area contributed by atoms with E-state index in [1.165, 1.54) is 5.56 Å². The number of carbonyl (C=O) groups is 1. The Labute approximate surface area is 164 Å². The van der Waals surface area contributed by atoms with Crippen LogP contribution in [0, 0.1) is 5.41 Å². The summed E-state index contributed by atoms with van der Waals surface area (Å²) in [5.41, 5.74) is 1.94. The van der Waals surface area contributed by atoms with Crippen molar-refractivity contribution in [1.29, 1.82) is 0 Å². The Balaban J connectivity index is 1.35. The molecule has 5 rings (SSSR count). The van der Waals surface area contributed by atoms with E-state index in [1.54, 1.807) is 0 Å². The first-order chi connectivity index (χ1) is 13.7. The number of hydrogen-bond donors (Lipinski definition) is 1. The van der Waals surface area contributed by atoms with Gasteiger partial charge < -0.3 is 19.5 Å². The molecule has 2 saturated heterocycles. The zero-order chi connectivity index (χ0) is 19.1. The van der Waals surface area contributed by atoms with Crippen molar-refractivity contribution < 1.29 is 19.4 Å². The summed E-state index contributed by atoms with van der Waals surface area (Å²) >= 11 is 0. The minimum Gasteiger partial charge on any atom is -0.454 e. The molecule has 5 heteroatoms. The van der Waals surface area contributed by atoms with Crippen molar-refractivity contribution in [3.05, 3.63) is 59.7 Å². The summed E-state index contributed by atoms with van der Waals surface area (Å²) in [5, 5.41) is 10.3. The number of carbonyl (C=O) groups excluding carboxylic acids is 1. The maximum Gasteiger partial charge on any atom is 0.231 e. The molecule has 0 radical (unpaired) electrons. The van der Waals surface area contributed by atoms with Gasteiger partial charge in [0.1, 0.15) is 0 Å². The maximum atomic E-state index is 13.2. The first kappa shape index (κ1) is 17.6. The van der Waals surface area contributed by atoms with E-state index in [4.69, 9.17) is 9.47 Å². The van der Waals surface area contributed by atoms with Gasteiger partial charge in [-0.3, -0.25) is 4.79 Å². The lowest BCUT2D eigenvalue weighted by Crippen LogP contribution is -2.44. The molecule has 2 fully saturated rings. The Hall–Kier alpha value is -2.53. The third-order valence-corrected chi connectivity index (χ3v) is 6.65. The number of aliphatic hydroxyl groups is 1. The standard InChI is InChI=1S/C23H25NO4/c25-14-23(12-16-4-2-1-3-5-16)13-18-7-9-21(23)24(18)22(26)11-17-6-8-19-20(10-17)28-15-27-19/h1-6,8,10,18,21,25H,7,9,11-15H2/t18-,21+,23-/m0/s1. The molecule has 1 amide bonds. The molecular weight excluding hydrogens is 354 g/mol. The molecule has 0 saturated carbocycles. The van der Waals surface area contributed by atoms with E-state index < -0.39 is 0 Å². The van der Waals surface area contributed by atoms with E-state index in [0.29, 0.717) is 12.2 Å². The van der Waals surface area contributed by atoms with E-state index in [-0.39, 0.29) is 36.8 Å². The highest BCUT2D eigenvalue weighted by molar-refractivity contribution is 5.80. The van der Waals surface area contributed by atoms with Gasteiger partial charge in [-0.15, -0.1) is 0 Å². The third kappa shape index (κ3) is 2.85. The van der Waals surface area contributed by atoms with Gasteiger partial charge in [-0.2, -0.15) is 0 Å². The number of amides is 1. The van der Waals surface area contributed by atoms with Gasteiger partial charge in [-0.25, -0.2) is 0 Å². The normalized spacial score (nSPS) is 27.4. The van der Waals surface area contributed by atoms with Gasteiger partial charge in [0.05, 0.1) is 13.0 Å². The summed E-state index contributed by atoms with van der Waals surface area (Å²) in [7, 11) is 0. The van der Waals surface area contributed by atoms with E-state index in [2.05, 4.69) is 17.0 Å². The quantitative estimate of drug-likeness (QED) is 0.868. The van der Waals surface area contributed by atoms with Crippen LogP contribution in [0.25, 0.3) is 0 Å². The molecule has 3 aliphatic rings. The number of nitrogens with zero attached hydrogens (tertiary/aromatic N) is 1. The number of benzene rings is 2. The average Bonchev–Trinajstić information content (AvgIpc) is 3.41. The summed E-state index contributed by atoms with van der Waals surface area (Å²) in [6.45, 7) is 0.360. The first-order valence-corrected chi connectivity index (χ1v) is 10.0. The molecule has 0 spiro atoms. The topological polar surface area (TPSA) is 59.0 Å². The second-order valence-electron chi connectivity index (χ2n) is 8.30. The molecule has 3 atom stereocenters. The summed E-state index contributed by atoms with van der Waals surface area (Å²) < 4.78 is 10.8. The van der Waals surface area contributed by atoms with E-state index in [9.17, 15) is 9.90 Å². The number of rotatable bonds is 5. The van der Waals surface area contributed by atoms with Gasteiger partial charge in [0, 0.05) is 17.5 Å². The second kappa shape index (κ2) is 6.82. The lowest BCUT2D eigenvalue weighted by molar-refractivity contribution is -0.132. The Morgan fingerprint density at radius 1 is 1.07 bits per heavy atom. The van der Waals surface area contributed by atoms with Crippen molar-refractivity contribution in [1.82, 2.24) is 4.90 Å². The fourth-order valence-electron chi connectivity index (χ4n) is 5.40. The van der Waals surface area contributed by atoms with Crippen LogP contribution in [0.4, 0.5) is 0 Å². The molecule has 3 heterocycles. The van der Waals surface area contributed by atoms with Crippen LogP contribution in [0.3, 0.4) is 0 Å². The predicted octanol–water partition coefficient (Wildman–Crippen LogP) is 2.94. The molecule has 0 aromatic heterocycles. The maximum absolute atomic E-state index is 13.2.